The summed E-state index contributed by atoms with van der Waals surface area (Å²) in [5.74, 6) is -2.43. The molecule has 0 radical (unpaired) electrons. The fourth-order valence-corrected chi connectivity index (χ4v) is 3.38. The SMILES string of the molecule is CC(C)(C)OC(=O)N[C@@H](Cc1ccccc1)C(=O)[C@H]1CCC[C@@H]1C(=O)O. The van der Waals surface area contributed by atoms with E-state index in [-0.39, 0.29) is 5.78 Å². The lowest BCUT2D eigenvalue weighted by molar-refractivity contribution is -0.146. The number of hydrogen-bond acceptors (Lipinski definition) is 4. The molecule has 1 aliphatic rings. The summed E-state index contributed by atoms with van der Waals surface area (Å²) < 4.78 is 5.27. The lowest BCUT2D eigenvalue weighted by atomic mass is 9.86. The summed E-state index contributed by atoms with van der Waals surface area (Å²) in [6.45, 7) is 5.24. The average molecular weight is 361 g/mol. The molecule has 1 fully saturated rings. The van der Waals surface area contributed by atoms with E-state index in [0.29, 0.717) is 25.7 Å². The van der Waals surface area contributed by atoms with Crippen molar-refractivity contribution in [2.75, 3.05) is 0 Å². The molecule has 26 heavy (non-hydrogen) atoms. The van der Waals surface area contributed by atoms with Gasteiger partial charge in [0.15, 0.2) is 5.78 Å². The smallest absolute Gasteiger partial charge is 0.408 e. The molecule has 2 rings (SSSR count). The third-order valence-electron chi connectivity index (χ3n) is 4.52. The number of ether oxygens (including phenoxy) is 1. The molecule has 142 valence electrons. The number of carbonyl (C=O) groups excluding carboxylic acids is 2. The number of aliphatic carboxylic acids is 1. The second kappa shape index (κ2) is 8.34. The maximum atomic E-state index is 13.0. The average Bonchev–Trinajstić information content (AvgIpc) is 3.02. The maximum Gasteiger partial charge on any atom is 0.408 e. The van der Waals surface area contributed by atoms with Crippen LogP contribution in [-0.4, -0.2) is 34.6 Å². The van der Waals surface area contributed by atoms with Gasteiger partial charge in [-0.25, -0.2) is 4.79 Å². The van der Waals surface area contributed by atoms with Crippen molar-refractivity contribution in [2.24, 2.45) is 11.8 Å². The first kappa shape index (κ1) is 19.9. The van der Waals surface area contributed by atoms with Crippen LogP contribution in [0.5, 0.6) is 0 Å². The van der Waals surface area contributed by atoms with E-state index in [0.717, 1.165) is 5.56 Å². The van der Waals surface area contributed by atoms with Gasteiger partial charge in [0.1, 0.15) is 5.60 Å². The largest absolute Gasteiger partial charge is 0.481 e. The first-order chi connectivity index (χ1) is 12.2. The first-order valence-corrected chi connectivity index (χ1v) is 8.97. The molecule has 3 atom stereocenters. The molecule has 0 heterocycles. The van der Waals surface area contributed by atoms with Crippen molar-refractivity contribution >= 4 is 17.8 Å². The van der Waals surface area contributed by atoms with Crippen molar-refractivity contribution in [1.82, 2.24) is 5.32 Å². The third-order valence-corrected chi connectivity index (χ3v) is 4.52. The summed E-state index contributed by atoms with van der Waals surface area (Å²) >= 11 is 0. The molecule has 0 unspecified atom stereocenters. The fraction of sp³-hybridized carbons (Fsp3) is 0.550. The van der Waals surface area contributed by atoms with E-state index in [1.54, 1.807) is 20.8 Å². The Morgan fingerprint density at radius 2 is 1.77 bits per heavy atom. The van der Waals surface area contributed by atoms with Crippen LogP contribution < -0.4 is 5.32 Å². The van der Waals surface area contributed by atoms with Gasteiger partial charge in [0, 0.05) is 5.92 Å². The van der Waals surface area contributed by atoms with E-state index in [4.69, 9.17) is 4.74 Å². The molecule has 1 aliphatic carbocycles. The number of benzene rings is 1. The Hall–Kier alpha value is -2.37. The van der Waals surface area contributed by atoms with E-state index in [1.165, 1.54) is 0 Å². The lowest BCUT2D eigenvalue weighted by Crippen LogP contribution is -2.48. The molecule has 1 aromatic rings. The lowest BCUT2D eigenvalue weighted by Gasteiger charge is -2.25. The second-order valence-electron chi connectivity index (χ2n) is 7.77. The van der Waals surface area contributed by atoms with Crippen molar-refractivity contribution in [2.45, 2.75) is 58.1 Å². The van der Waals surface area contributed by atoms with Gasteiger partial charge in [-0.2, -0.15) is 0 Å². The van der Waals surface area contributed by atoms with E-state index < -0.39 is 35.5 Å². The van der Waals surface area contributed by atoms with Gasteiger partial charge in [0.2, 0.25) is 0 Å². The number of carbonyl (C=O) groups is 3. The van der Waals surface area contributed by atoms with Crippen LogP contribution in [0.1, 0.15) is 45.6 Å². The van der Waals surface area contributed by atoms with Crippen molar-refractivity contribution in [3.05, 3.63) is 35.9 Å². The molecule has 1 aromatic carbocycles. The molecule has 1 saturated carbocycles. The maximum absolute atomic E-state index is 13.0. The quantitative estimate of drug-likeness (QED) is 0.812. The predicted molar refractivity (Wildman–Crippen MR) is 96.8 cm³/mol. The number of hydrogen-bond donors (Lipinski definition) is 2. The number of amides is 1. The molecule has 0 aliphatic heterocycles. The third kappa shape index (κ3) is 5.58. The van der Waals surface area contributed by atoms with Crippen LogP contribution in [0.2, 0.25) is 0 Å². The minimum absolute atomic E-state index is 0.232. The number of Topliss-reactive ketones (excluding diaryl/α,β-unsaturated/α-hetero) is 1. The van der Waals surface area contributed by atoms with E-state index in [1.807, 2.05) is 30.3 Å². The van der Waals surface area contributed by atoms with Crippen LogP contribution in [0, 0.1) is 11.8 Å². The van der Waals surface area contributed by atoms with Crippen LogP contribution in [0.4, 0.5) is 4.79 Å². The van der Waals surface area contributed by atoms with Gasteiger partial charge in [0.05, 0.1) is 12.0 Å². The topological polar surface area (TPSA) is 92.7 Å². The predicted octanol–water partition coefficient (Wildman–Crippen LogP) is 3.19. The number of ketones is 1. The zero-order valence-corrected chi connectivity index (χ0v) is 15.5. The molecule has 0 saturated heterocycles. The highest BCUT2D eigenvalue weighted by molar-refractivity contribution is 5.92. The van der Waals surface area contributed by atoms with Gasteiger partial charge in [0.25, 0.3) is 0 Å². The molecule has 6 heteroatoms. The van der Waals surface area contributed by atoms with Crippen LogP contribution in [0.15, 0.2) is 30.3 Å². The highest BCUT2D eigenvalue weighted by Crippen LogP contribution is 2.33. The van der Waals surface area contributed by atoms with Crippen molar-refractivity contribution in [1.29, 1.82) is 0 Å². The Labute approximate surface area is 153 Å². The minimum atomic E-state index is -0.948. The Morgan fingerprint density at radius 3 is 2.35 bits per heavy atom. The van der Waals surface area contributed by atoms with Gasteiger partial charge >= 0.3 is 12.1 Å². The standard InChI is InChI=1S/C20H27NO5/c1-20(2,3)26-19(25)21-16(12-13-8-5-4-6-9-13)17(22)14-10-7-11-15(14)18(23)24/h4-6,8-9,14-16H,7,10-12H2,1-3H3,(H,21,25)(H,23,24)/t14-,15-,16-/m0/s1. The zero-order chi connectivity index (χ0) is 19.3. The highest BCUT2D eigenvalue weighted by atomic mass is 16.6. The Bertz CT molecular complexity index is 650. The monoisotopic (exact) mass is 361 g/mol. The molecule has 6 nitrogen and oxygen atoms in total. The van der Waals surface area contributed by atoms with Crippen LogP contribution in [0.3, 0.4) is 0 Å². The summed E-state index contributed by atoms with van der Waals surface area (Å²) in [5, 5.41) is 12.0. The zero-order valence-electron chi connectivity index (χ0n) is 15.5. The number of carboxylic acids is 1. The van der Waals surface area contributed by atoms with Crippen molar-refractivity contribution in [3.63, 3.8) is 0 Å². The van der Waals surface area contributed by atoms with Crippen LogP contribution in [-0.2, 0) is 20.7 Å². The number of carboxylic acid groups (broad SMARTS) is 1. The normalized spacial score (nSPS) is 21.0. The van der Waals surface area contributed by atoms with Gasteiger partial charge in [-0.1, -0.05) is 36.8 Å². The molecular formula is C20H27NO5. The van der Waals surface area contributed by atoms with Crippen LogP contribution >= 0.6 is 0 Å². The Morgan fingerprint density at radius 1 is 1.15 bits per heavy atom. The molecule has 0 aromatic heterocycles. The molecular weight excluding hydrogens is 334 g/mol. The summed E-state index contributed by atoms with van der Waals surface area (Å²) in [6, 6.07) is 8.54. The molecule has 2 N–H and O–H groups in total. The molecule has 1 amide bonds. The minimum Gasteiger partial charge on any atom is -0.481 e. The van der Waals surface area contributed by atoms with E-state index in [9.17, 15) is 19.5 Å². The first-order valence-electron chi connectivity index (χ1n) is 8.97. The van der Waals surface area contributed by atoms with Gasteiger partial charge in [-0.3, -0.25) is 9.59 Å². The van der Waals surface area contributed by atoms with Gasteiger partial charge in [-0.05, 0) is 45.6 Å². The van der Waals surface area contributed by atoms with Crippen molar-refractivity contribution < 1.29 is 24.2 Å². The molecule has 0 spiro atoms. The molecule has 0 bridgehead atoms. The van der Waals surface area contributed by atoms with Gasteiger partial charge < -0.3 is 15.2 Å². The van der Waals surface area contributed by atoms with E-state index in [2.05, 4.69) is 5.32 Å². The summed E-state index contributed by atoms with van der Waals surface area (Å²) in [7, 11) is 0. The van der Waals surface area contributed by atoms with Crippen LogP contribution in [0.25, 0.3) is 0 Å². The van der Waals surface area contributed by atoms with E-state index >= 15 is 0 Å². The summed E-state index contributed by atoms with van der Waals surface area (Å²) in [6.07, 6.45) is 1.38. The highest BCUT2D eigenvalue weighted by Gasteiger charge is 2.41. The number of alkyl carbamates (subject to hydrolysis) is 1. The summed E-state index contributed by atoms with van der Waals surface area (Å²) in [4.78, 5) is 36.7. The number of rotatable bonds is 6. The fourth-order valence-electron chi connectivity index (χ4n) is 3.38. The van der Waals surface area contributed by atoms with Crippen molar-refractivity contribution in [3.8, 4) is 0 Å². The Kier molecular flexibility index (Phi) is 6.40. The van der Waals surface area contributed by atoms with Gasteiger partial charge in [-0.15, -0.1) is 0 Å². The number of nitrogens with one attached hydrogen (secondary N) is 1. The summed E-state index contributed by atoms with van der Waals surface area (Å²) in [5.41, 5.74) is 0.216. The second-order valence-corrected chi connectivity index (χ2v) is 7.77. The Balaban J connectivity index is 2.17.